The SMILES string of the molecule is S=c1nc(-c2ccoc2Br)[nH][nH]1. The van der Waals surface area contributed by atoms with Crippen LogP contribution in [0.2, 0.25) is 0 Å². The van der Waals surface area contributed by atoms with Crippen molar-refractivity contribution in [2.45, 2.75) is 0 Å². The van der Waals surface area contributed by atoms with Crippen LogP contribution in [0.1, 0.15) is 0 Å². The lowest BCUT2D eigenvalue weighted by atomic mass is 10.3. The maximum atomic E-state index is 5.04. The zero-order chi connectivity index (χ0) is 8.55. The first kappa shape index (κ1) is 7.75. The molecule has 0 radical (unpaired) electrons. The number of furan rings is 1. The molecule has 2 aromatic rings. The quantitative estimate of drug-likeness (QED) is 0.760. The Labute approximate surface area is 81.1 Å². The molecular formula is C6H4BrN3OS. The number of rotatable bonds is 1. The normalized spacial score (nSPS) is 10.4. The van der Waals surface area contributed by atoms with E-state index in [1.165, 1.54) is 0 Å². The van der Waals surface area contributed by atoms with Gasteiger partial charge in [-0.1, -0.05) is 0 Å². The average Bonchev–Trinajstić information content (AvgIpc) is 2.58. The minimum absolute atomic E-state index is 0.429. The molecule has 62 valence electrons. The fourth-order valence-corrected chi connectivity index (χ4v) is 1.43. The van der Waals surface area contributed by atoms with Gasteiger partial charge in [-0.3, -0.25) is 10.2 Å². The Morgan fingerprint density at radius 3 is 2.83 bits per heavy atom. The molecule has 0 aliphatic rings. The van der Waals surface area contributed by atoms with Crippen LogP contribution in [0.5, 0.6) is 0 Å². The van der Waals surface area contributed by atoms with E-state index in [1.54, 1.807) is 12.3 Å². The second-order valence-electron chi connectivity index (χ2n) is 2.12. The minimum Gasteiger partial charge on any atom is -0.457 e. The van der Waals surface area contributed by atoms with E-state index in [-0.39, 0.29) is 0 Å². The van der Waals surface area contributed by atoms with Crippen molar-refractivity contribution < 1.29 is 4.42 Å². The van der Waals surface area contributed by atoms with Crippen LogP contribution in [0.4, 0.5) is 0 Å². The van der Waals surface area contributed by atoms with Crippen LogP contribution >= 0.6 is 28.1 Å². The van der Waals surface area contributed by atoms with E-state index in [0.717, 1.165) is 5.56 Å². The van der Waals surface area contributed by atoms with Crippen LogP contribution in [0, 0.1) is 4.77 Å². The van der Waals surface area contributed by atoms with Gasteiger partial charge in [-0.05, 0) is 34.2 Å². The first-order chi connectivity index (χ1) is 5.77. The molecule has 0 aromatic carbocycles. The average molecular weight is 246 g/mol. The van der Waals surface area contributed by atoms with E-state index < -0.39 is 0 Å². The van der Waals surface area contributed by atoms with E-state index in [1.807, 2.05) is 0 Å². The molecule has 0 spiro atoms. The summed E-state index contributed by atoms with van der Waals surface area (Å²) in [4.78, 5) is 4.03. The highest BCUT2D eigenvalue weighted by Gasteiger charge is 2.07. The van der Waals surface area contributed by atoms with Crippen LogP contribution in [-0.2, 0) is 0 Å². The third kappa shape index (κ3) is 1.23. The van der Waals surface area contributed by atoms with Crippen LogP contribution in [0.25, 0.3) is 11.4 Å². The predicted molar refractivity (Wildman–Crippen MR) is 49.2 cm³/mol. The highest BCUT2D eigenvalue weighted by Crippen LogP contribution is 2.25. The van der Waals surface area contributed by atoms with Crippen LogP contribution < -0.4 is 0 Å². The van der Waals surface area contributed by atoms with Gasteiger partial charge >= 0.3 is 0 Å². The largest absolute Gasteiger partial charge is 0.457 e. The lowest BCUT2D eigenvalue weighted by Gasteiger charge is -1.87. The molecule has 0 saturated carbocycles. The Morgan fingerprint density at radius 1 is 1.50 bits per heavy atom. The summed E-state index contributed by atoms with van der Waals surface area (Å²) >= 11 is 8.04. The van der Waals surface area contributed by atoms with Gasteiger partial charge in [0.1, 0.15) is 0 Å². The summed E-state index contributed by atoms with van der Waals surface area (Å²) in [6, 6.07) is 1.80. The molecule has 6 heteroatoms. The maximum absolute atomic E-state index is 5.04. The van der Waals surface area contributed by atoms with Crippen LogP contribution in [0.15, 0.2) is 21.4 Å². The predicted octanol–water partition coefficient (Wildman–Crippen LogP) is 2.49. The zero-order valence-electron chi connectivity index (χ0n) is 5.80. The van der Waals surface area contributed by atoms with E-state index in [0.29, 0.717) is 15.3 Å². The van der Waals surface area contributed by atoms with Gasteiger partial charge in [0, 0.05) is 0 Å². The summed E-state index contributed by atoms with van der Waals surface area (Å²) in [7, 11) is 0. The molecule has 2 rings (SSSR count). The molecule has 2 N–H and O–H groups in total. The first-order valence-corrected chi connectivity index (χ1v) is 4.35. The number of nitrogens with zero attached hydrogens (tertiary/aromatic N) is 1. The van der Waals surface area contributed by atoms with Crippen molar-refractivity contribution in [2.75, 3.05) is 0 Å². The van der Waals surface area contributed by atoms with E-state index in [2.05, 4.69) is 31.1 Å². The monoisotopic (exact) mass is 245 g/mol. The Bertz CT molecular complexity index is 443. The van der Waals surface area contributed by atoms with Crippen molar-refractivity contribution in [3.05, 3.63) is 21.8 Å². The van der Waals surface area contributed by atoms with Gasteiger partial charge in [-0.2, -0.15) is 4.98 Å². The van der Waals surface area contributed by atoms with Crippen LogP contribution in [-0.4, -0.2) is 15.2 Å². The Balaban J connectivity index is 2.57. The molecule has 0 aliphatic carbocycles. The number of halogens is 1. The topological polar surface area (TPSA) is 57.6 Å². The van der Waals surface area contributed by atoms with Gasteiger partial charge in [-0.25, -0.2) is 0 Å². The number of nitrogens with one attached hydrogen (secondary N) is 2. The highest BCUT2D eigenvalue weighted by molar-refractivity contribution is 9.10. The molecule has 0 unspecified atom stereocenters. The lowest BCUT2D eigenvalue weighted by molar-refractivity contribution is 0.542. The second-order valence-corrected chi connectivity index (χ2v) is 3.23. The van der Waals surface area contributed by atoms with Gasteiger partial charge in [0.2, 0.25) is 4.77 Å². The van der Waals surface area contributed by atoms with Crippen molar-refractivity contribution in [1.82, 2.24) is 15.2 Å². The standard InChI is InChI=1S/C6H4BrN3OS/c7-4-3(1-2-11-4)5-8-6(12)10-9-5/h1-2H,(H2,8,9,10,12). The Kier molecular flexibility index (Phi) is 1.86. The fraction of sp³-hybridized carbons (Fsp3) is 0. The van der Waals surface area contributed by atoms with Crippen molar-refractivity contribution in [1.29, 1.82) is 0 Å². The zero-order valence-corrected chi connectivity index (χ0v) is 8.20. The third-order valence-corrected chi connectivity index (χ3v) is 2.18. The third-order valence-electron chi connectivity index (χ3n) is 1.37. The summed E-state index contributed by atoms with van der Waals surface area (Å²) in [5.41, 5.74) is 0.849. The van der Waals surface area contributed by atoms with E-state index in [9.17, 15) is 0 Å². The van der Waals surface area contributed by atoms with Crippen molar-refractivity contribution in [3.8, 4) is 11.4 Å². The lowest BCUT2D eigenvalue weighted by Crippen LogP contribution is -1.76. The molecule has 0 aliphatic heterocycles. The van der Waals surface area contributed by atoms with Gasteiger partial charge < -0.3 is 4.42 Å². The van der Waals surface area contributed by atoms with Gasteiger partial charge in [0.25, 0.3) is 0 Å². The van der Waals surface area contributed by atoms with E-state index in [4.69, 9.17) is 16.6 Å². The number of hydrogen-bond donors (Lipinski definition) is 2. The molecule has 4 nitrogen and oxygen atoms in total. The van der Waals surface area contributed by atoms with Crippen molar-refractivity contribution >= 4 is 28.1 Å². The second kappa shape index (κ2) is 2.87. The summed E-state index contributed by atoms with van der Waals surface area (Å²) < 4.78 is 6.10. The van der Waals surface area contributed by atoms with Gasteiger partial charge in [-0.15, -0.1) is 0 Å². The number of aromatic amines is 2. The maximum Gasteiger partial charge on any atom is 0.213 e. The van der Waals surface area contributed by atoms with Crippen molar-refractivity contribution in [3.63, 3.8) is 0 Å². The van der Waals surface area contributed by atoms with Crippen molar-refractivity contribution in [2.24, 2.45) is 0 Å². The Hall–Kier alpha value is -0.880. The Morgan fingerprint density at radius 2 is 2.33 bits per heavy atom. The first-order valence-electron chi connectivity index (χ1n) is 3.15. The van der Waals surface area contributed by atoms with Crippen LogP contribution in [0.3, 0.4) is 0 Å². The smallest absolute Gasteiger partial charge is 0.213 e. The molecular weight excluding hydrogens is 242 g/mol. The summed E-state index contributed by atoms with van der Waals surface area (Å²) in [5, 5.41) is 5.52. The summed E-state index contributed by atoms with van der Waals surface area (Å²) in [6.07, 6.45) is 1.57. The number of hydrogen-bond acceptors (Lipinski definition) is 3. The summed E-state index contributed by atoms with van der Waals surface area (Å²) in [5.74, 6) is 0.667. The fourth-order valence-electron chi connectivity index (χ4n) is 0.860. The molecule has 0 bridgehead atoms. The van der Waals surface area contributed by atoms with Gasteiger partial charge in [0.15, 0.2) is 10.5 Å². The molecule has 2 aromatic heterocycles. The molecule has 12 heavy (non-hydrogen) atoms. The molecule has 2 heterocycles. The summed E-state index contributed by atoms with van der Waals surface area (Å²) in [6.45, 7) is 0. The highest BCUT2D eigenvalue weighted by atomic mass is 79.9. The molecule has 0 fully saturated rings. The minimum atomic E-state index is 0.429. The molecule has 0 atom stereocenters. The number of H-pyrrole nitrogens is 2. The number of aromatic nitrogens is 3. The van der Waals surface area contributed by atoms with Gasteiger partial charge in [0.05, 0.1) is 11.8 Å². The molecule has 0 amide bonds. The molecule has 0 saturated heterocycles. The van der Waals surface area contributed by atoms with E-state index >= 15 is 0 Å².